The van der Waals surface area contributed by atoms with Gasteiger partial charge in [-0.05, 0) is 45.2 Å². The second-order valence-corrected chi connectivity index (χ2v) is 5.46. The van der Waals surface area contributed by atoms with Crippen molar-refractivity contribution in [3.05, 3.63) is 22.9 Å². The normalized spacial score (nSPS) is 18.8. The number of halogens is 1. The van der Waals surface area contributed by atoms with Crippen molar-refractivity contribution in [3.8, 4) is 0 Å². The van der Waals surface area contributed by atoms with Crippen LogP contribution in [0.4, 0.5) is 5.82 Å². The van der Waals surface area contributed by atoms with E-state index in [-0.39, 0.29) is 0 Å². The number of hydrogen-bond acceptors (Lipinski definition) is 3. The lowest BCUT2D eigenvalue weighted by Gasteiger charge is -2.27. The monoisotopic (exact) mass is 282 g/mol. The number of pyridine rings is 1. The van der Waals surface area contributed by atoms with E-state index >= 15 is 0 Å². The van der Waals surface area contributed by atoms with Crippen LogP contribution in [-0.2, 0) is 10.6 Å². The highest BCUT2D eigenvalue weighted by molar-refractivity contribution is 6.17. The molecule has 0 radical (unpaired) electrons. The molecule has 1 aromatic rings. The number of hydrogen-bond donors (Lipinski definition) is 0. The summed E-state index contributed by atoms with van der Waals surface area (Å²) in [4.78, 5) is 7.00. The summed E-state index contributed by atoms with van der Waals surface area (Å²) in [5.74, 6) is 1.54. The molecule has 0 aromatic carbocycles. The SMILES string of the molecule is CCN(CC1CCCO1)c1nc(C)cc(C)c1CCl. The van der Waals surface area contributed by atoms with Crippen molar-refractivity contribution in [2.75, 3.05) is 24.6 Å². The lowest BCUT2D eigenvalue weighted by Crippen LogP contribution is -2.33. The second kappa shape index (κ2) is 6.58. The van der Waals surface area contributed by atoms with E-state index in [4.69, 9.17) is 21.3 Å². The van der Waals surface area contributed by atoms with Crippen LogP contribution in [0.1, 0.15) is 36.6 Å². The van der Waals surface area contributed by atoms with E-state index in [0.29, 0.717) is 12.0 Å². The Balaban J connectivity index is 2.25. The molecule has 1 atom stereocenters. The van der Waals surface area contributed by atoms with Crippen LogP contribution < -0.4 is 4.90 Å². The molecule has 0 bridgehead atoms. The van der Waals surface area contributed by atoms with Gasteiger partial charge in [0.05, 0.1) is 12.0 Å². The fourth-order valence-electron chi connectivity index (χ4n) is 2.67. The molecule has 0 saturated carbocycles. The average molecular weight is 283 g/mol. The topological polar surface area (TPSA) is 25.4 Å². The minimum Gasteiger partial charge on any atom is -0.376 e. The molecular formula is C15H23ClN2O. The van der Waals surface area contributed by atoms with Crippen LogP contribution in [0.3, 0.4) is 0 Å². The van der Waals surface area contributed by atoms with Gasteiger partial charge in [0.25, 0.3) is 0 Å². The van der Waals surface area contributed by atoms with Crippen molar-refractivity contribution < 1.29 is 4.74 Å². The zero-order valence-corrected chi connectivity index (χ0v) is 12.8. The van der Waals surface area contributed by atoms with Crippen LogP contribution in [0.2, 0.25) is 0 Å². The maximum absolute atomic E-state index is 6.11. The molecule has 4 heteroatoms. The third-order valence-corrected chi connectivity index (χ3v) is 3.98. The molecule has 0 aliphatic carbocycles. The van der Waals surface area contributed by atoms with Gasteiger partial charge in [-0.2, -0.15) is 0 Å². The predicted octanol–water partition coefficient (Wildman–Crippen LogP) is 3.44. The lowest BCUT2D eigenvalue weighted by atomic mass is 10.1. The van der Waals surface area contributed by atoms with Crippen LogP contribution in [0.5, 0.6) is 0 Å². The van der Waals surface area contributed by atoms with Crippen LogP contribution in [-0.4, -0.2) is 30.8 Å². The van der Waals surface area contributed by atoms with Crippen LogP contribution in [0.15, 0.2) is 6.07 Å². The van der Waals surface area contributed by atoms with Crippen molar-refractivity contribution in [2.45, 2.75) is 45.6 Å². The van der Waals surface area contributed by atoms with Gasteiger partial charge in [-0.3, -0.25) is 0 Å². The molecule has 2 rings (SSSR count). The molecule has 1 unspecified atom stereocenters. The smallest absolute Gasteiger partial charge is 0.133 e. The molecule has 19 heavy (non-hydrogen) atoms. The number of aromatic nitrogens is 1. The summed E-state index contributed by atoms with van der Waals surface area (Å²) in [6, 6.07) is 2.10. The largest absolute Gasteiger partial charge is 0.376 e. The summed E-state index contributed by atoms with van der Waals surface area (Å²) >= 11 is 6.11. The third-order valence-electron chi connectivity index (χ3n) is 3.72. The molecule has 1 aliphatic rings. The highest BCUT2D eigenvalue weighted by Gasteiger charge is 2.21. The minimum absolute atomic E-state index is 0.339. The van der Waals surface area contributed by atoms with E-state index in [2.05, 4.69) is 24.8 Å². The zero-order chi connectivity index (χ0) is 13.8. The first-order chi connectivity index (χ1) is 9.15. The van der Waals surface area contributed by atoms with E-state index < -0.39 is 0 Å². The maximum Gasteiger partial charge on any atom is 0.133 e. The first-order valence-electron chi connectivity index (χ1n) is 7.05. The quantitative estimate of drug-likeness (QED) is 0.774. The van der Waals surface area contributed by atoms with Gasteiger partial charge in [0.15, 0.2) is 0 Å². The van der Waals surface area contributed by atoms with Crippen LogP contribution in [0, 0.1) is 13.8 Å². The van der Waals surface area contributed by atoms with Crippen LogP contribution in [0.25, 0.3) is 0 Å². The molecule has 1 aromatic heterocycles. The Bertz CT molecular complexity index is 430. The number of alkyl halides is 1. The first kappa shape index (κ1) is 14.6. The summed E-state index contributed by atoms with van der Waals surface area (Å²) < 4.78 is 5.74. The molecule has 2 heterocycles. The predicted molar refractivity (Wildman–Crippen MR) is 80.1 cm³/mol. The van der Waals surface area contributed by atoms with Gasteiger partial charge in [0, 0.05) is 31.0 Å². The fraction of sp³-hybridized carbons (Fsp3) is 0.667. The molecule has 0 amide bonds. The van der Waals surface area contributed by atoms with Crippen molar-refractivity contribution >= 4 is 17.4 Å². The Hall–Kier alpha value is -0.800. The number of likely N-dealkylation sites (N-methyl/N-ethyl adjacent to an activating group) is 1. The van der Waals surface area contributed by atoms with E-state index in [0.717, 1.165) is 43.2 Å². The van der Waals surface area contributed by atoms with Gasteiger partial charge in [-0.15, -0.1) is 11.6 Å². The Morgan fingerprint density at radius 3 is 2.84 bits per heavy atom. The van der Waals surface area contributed by atoms with E-state index in [1.807, 2.05) is 6.92 Å². The van der Waals surface area contributed by atoms with Crippen molar-refractivity contribution in [3.63, 3.8) is 0 Å². The summed E-state index contributed by atoms with van der Waals surface area (Å²) in [6.45, 7) is 9.04. The second-order valence-electron chi connectivity index (χ2n) is 5.19. The van der Waals surface area contributed by atoms with Gasteiger partial charge in [0.1, 0.15) is 5.82 Å². The standard InChI is InChI=1S/C15H23ClN2O/c1-4-18(10-13-6-5-7-19-13)15-14(9-16)11(2)8-12(3)17-15/h8,13H,4-7,9-10H2,1-3H3. The molecule has 0 spiro atoms. The van der Waals surface area contributed by atoms with E-state index in [9.17, 15) is 0 Å². The molecule has 106 valence electrons. The molecule has 1 saturated heterocycles. The molecular weight excluding hydrogens is 260 g/mol. The van der Waals surface area contributed by atoms with E-state index in [1.165, 1.54) is 12.0 Å². The summed E-state index contributed by atoms with van der Waals surface area (Å²) in [5.41, 5.74) is 3.42. The number of nitrogens with zero attached hydrogens (tertiary/aromatic N) is 2. The molecule has 0 N–H and O–H groups in total. The fourth-order valence-corrected chi connectivity index (χ4v) is 3.00. The Kier molecular flexibility index (Phi) is 5.06. The van der Waals surface area contributed by atoms with Gasteiger partial charge >= 0.3 is 0 Å². The van der Waals surface area contributed by atoms with Crippen molar-refractivity contribution in [1.29, 1.82) is 0 Å². The molecule has 1 aliphatic heterocycles. The number of anilines is 1. The van der Waals surface area contributed by atoms with Crippen molar-refractivity contribution in [2.24, 2.45) is 0 Å². The Morgan fingerprint density at radius 2 is 2.26 bits per heavy atom. The molecule has 1 fully saturated rings. The number of aryl methyl sites for hydroxylation is 2. The minimum atomic E-state index is 0.339. The molecule has 3 nitrogen and oxygen atoms in total. The van der Waals surface area contributed by atoms with Crippen molar-refractivity contribution in [1.82, 2.24) is 4.98 Å². The van der Waals surface area contributed by atoms with Gasteiger partial charge in [-0.25, -0.2) is 4.98 Å². The first-order valence-corrected chi connectivity index (χ1v) is 7.58. The highest BCUT2D eigenvalue weighted by atomic mass is 35.5. The summed E-state index contributed by atoms with van der Waals surface area (Å²) in [7, 11) is 0. The highest BCUT2D eigenvalue weighted by Crippen LogP contribution is 2.26. The lowest BCUT2D eigenvalue weighted by molar-refractivity contribution is 0.115. The zero-order valence-electron chi connectivity index (χ0n) is 12.1. The van der Waals surface area contributed by atoms with Gasteiger partial charge < -0.3 is 9.64 Å². The van der Waals surface area contributed by atoms with Gasteiger partial charge in [0.2, 0.25) is 0 Å². The van der Waals surface area contributed by atoms with E-state index in [1.54, 1.807) is 0 Å². The third kappa shape index (κ3) is 3.40. The Labute approximate surface area is 120 Å². The van der Waals surface area contributed by atoms with Crippen LogP contribution >= 0.6 is 11.6 Å². The van der Waals surface area contributed by atoms with Gasteiger partial charge in [-0.1, -0.05) is 0 Å². The summed E-state index contributed by atoms with van der Waals surface area (Å²) in [6.07, 6.45) is 2.66. The number of ether oxygens (including phenoxy) is 1. The Morgan fingerprint density at radius 1 is 1.47 bits per heavy atom. The average Bonchev–Trinajstić information content (AvgIpc) is 2.88. The maximum atomic E-state index is 6.11. The number of rotatable bonds is 5. The summed E-state index contributed by atoms with van der Waals surface area (Å²) in [5, 5.41) is 0.